The second-order valence-corrected chi connectivity index (χ2v) is 9.13. The van der Waals surface area contributed by atoms with Crippen LogP contribution >= 0.6 is 11.6 Å². The monoisotopic (exact) mass is 489 g/mol. The maximum absolute atomic E-state index is 13.0. The summed E-state index contributed by atoms with van der Waals surface area (Å²) in [5.74, 6) is 0.939. The average Bonchev–Trinajstić information content (AvgIpc) is 3.20. The molecule has 6 rings (SSSR count). The number of nitrogens with one attached hydrogen (secondary N) is 3. The molecule has 0 radical (unpaired) electrons. The number of ether oxygens (including phenoxy) is 2. The molecule has 3 aromatic heterocycles. The van der Waals surface area contributed by atoms with E-state index in [4.69, 9.17) is 26.1 Å². The van der Waals surface area contributed by atoms with Gasteiger partial charge in [-0.05, 0) is 43.5 Å². The summed E-state index contributed by atoms with van der Waals surface area (Å²) in [6.45, 7) is 0.570. The highest BCUT2D eigenvalue weighted by molar-refractivity contribution is 6.32. The number of aromatic amines is 1. The zero-order chi connectivity index (χ0) is 23.9. The van der Waals surface area contributed by atoms with Gasteiger partial charge in [-0.15, -0.1) is 0 Å². The largest absolute Gasteiger partial charge is 0.493 e. The molecule has 2 aliphatic rings. The highest BCUT2D eigenvalue weighted by Crippen LogP contribution is 2.42. The van der Waals surface area contributed by atoms with Crippen LogP contribution in [-0.2, 0) is 6.42 Å². The molecule has 1 aliphatic heterocycles. The van der Waals surface area contributed by atoms with Crippen LogP contribution in [0.15, 0.2) is 42.6 Å². The SMILES string of the molecule is COc1c(Cl)cccc1Nc1c(-c2ccnc3ccc(OC4CCC4)nc23)[nH]c2c1C(=O)NCC2. The van der Waals surface area contributed by atoms with Crippen molar-refractivity contribution in [3.05, 3.63) is 58.9 Å². The third-order valence-corrected chi connectivity index (χ3v) is 6.86. The first kappa shape index (κ1) is 21.7. The van der Waals surface area contributed by atoms with Crippen molar-refractivity contribution in [3.63, 3.8) is 0 Å². The number of benzene rings is 1. The summed E-state index contributed by atoms with van der Waals surface area (Å²) in [7, 11) is 1.57. The van der Waals surface area contributed by atoms with Crippen molar-refractivity contribution in [1.82, 2.24) is 20.3 Å². The Labute approximate surface area is 207 Å². The predicted molar refractivity (Wildman–Crippen MR) is 135 cm³/mol. The highest BCUT2D eigenvalue weighted by atomic mass is 35.5. The lowest BCUT2D eigenvalue weighted by atomic mass is 9.96. The summed E-state index contributed by atoms with van der Waals surface area (Å²) >= 11 is 6.37. The van der Waals surface area contributed by atoms with E-state index in [9.17, 15) is 4.79 Å². The quantitative estimate of drug-likeness (QED) is 0.342. The highest BCUT2D eigenvalue weighted by Gasteiger charge is 2.29. The molecule has 8 nitrogen and oxygen atoms in total. The number of fused-ring (bicyclic) bond motifs is 2. The summed E-state index contributed by atoms with van der Waals surface area (Å²) in [6, 6.07) is 11.1. The maximum Gasteiger partial charge on any atom is 0.255 e. The van der Waals surface area contributed by atoms with Gasteiger partial charge in [0.25, 0.3) is 5.91 Å². The molecular formula is C26H24ClN5O3. The van der Waals surface area contributed by atoms with E-state index >= 15 is 0 Å². The van der Waals surface area contributed by atoms with Crippen LogP contribution in [0.25, 0.3) is 22.3 Å². The van der Waals surface area contributed by atoms with Gasteiger partial charge in [0, 0.05) is 36.5 Å². The van der Waals surface area contributed by atoms with Gasteiger partial charge in [-0.1, -0.05) is 17.7 Å². The molecule has 0 unspecified atom stereocenters. The minimum Gasteiger partial charge on any atom is -0.493 e. The molecule has 4 heterocycles. The Kier molecular flexibility index (Phi) is 5.45. The van der Waals surface area contributed by atoms with Crippen molar-refractivity contribution in [3.8, 4) is 22.9 Å². The van der Waals surface area contributed by atoms with Crippen LogP contribution in [0.1, 0.15) is 35.3 Å². The van der Waals surface area contributed by atoms with Crippen LogP contribution in [0.2, 0.25) is 5.02 Å². The lowest BCUT2D eigenvalue weighted by Gasteiger charge is -2.25. The zero-order valence-electron chi connectivity index (χ0n) is 19.2. The number of nitrogens with zero attached hydrogens (tertiary/aromatic N) is 2. The first-order valence-electron chi connectivity index (χ1n) is 11.7. The van der Waals surface area contributed by atoms with Crippen LogP contribution in [0.4, 0.5) is 11.4 Å². The Morgan fingerprint density at radius 2 is 2.06 bits per heavy atom. The molecule has 35 heavy (non-hydrogen) atoms. The average molecular weight is 490 g/mol. The normalized spacial score (nSPS) is 15.3. The third-order valence-electron chi connectivity index (χ3n) is 6.56. The van der Waals surface area contributed by atoms with Crippen LogP contribution in [0.3, 0.4) is 0 Å². The molecule has 4 aromatic rings. The number of hydrogen-bond acceptors (Lipinski definition) is 6. The Balaban J connectivity index is 1.52. The van der Waals surface area contributed by atoms with Crippen molar-refractivity contribution in [1.29, 1.82) is 0 Å². The number of para-hydroxylation sites is 1. The summed E-state index contributed by atoms with van der Waals surface area (Å²) < 4.78 is 11.6. The minimum atomic E-state index is -0.141. The fourth-order valence-corrected chi connectivity index (χ4v) is 4.84. The topological polar surface area (TPSA) is 101 Å². The summed E-state index contributed by atoms with van der Waals surface area (Å²) in [6.07, 6.45) is 5.93. The van der Waals surface area contributed by atoms with Crippen molar-refractivity contribution >= 4 is 39.9 Å². The molecule has 0 spiro atoms. The number of carbonyl (C=O) groups excluding carboxylic acids is 1. The fraction of sp³-hybridized carbons (Fsp3) is 0.269. The van der Waals surface area contributed by atoms with E-state index in [0.717, 1.165) is 35.3 Å². The standard InChI is InChI=1S/C26H24ClN5O3/c1-34-25-16(27)6-3-7-19(25)31-24-21-17(11-13-29-26(21)33)30-23(24)15-10-12-28-18-8-9-20(32-22(15)18)35-14-4-2-5-14/h3,6-10,12,14,30-31H,2,4-5,11,13H2,1H3,(H,29,33). The molecule has 0 saturated heterocycles. The Morgan fingerprint density at radius 1 is 1.17 bits per heavy atom. The number of carbonyl (C=O) groups is 1. The molecule has 1 aromatic carbocycles. The van der Waals surface area contributed by atoms with Crippen molar-refractivity contribution in [2.75, 3.05) is 19.0 Å². The number of rotatable bonds is 6. The van der Waals surface area contributed by atoms with Gasteiger partial charge in [-0.2, -0.15) is 0 Å². The van der Waals surface area contributed by atoms with Gasteiger partial charge in [-0.25, -0.2) is 4.98 Å². The second kappa shape index (κ2) is 8.78. The van der Waals surface area contributed by atoms with E-state index in [1.807, 2.05) is 30.3 Å². The molecular weight excluding hydrogens is 466 g/mol. The first-order chi connectivity index (χ1) is 17.1. The molecule has 1 saturated carbocycles. The van der Waals surface area contributed by atoms with Crippen LogP contribution in [-0.4, -0.2) is 40.6 Å². The Hall–Kier alpha value is -3.78. The van der Waals surface area contributed by atoms with Gasteiger partial charge < -0.3 is 25.1 Å². The number of aromatic nitrogens is 3. The zero-order valence-corrected chi connectivity index (χ0v) is 19.9. The molecule has 1 aliphatic carbocycles. The molecule has 1 fully saturated rings. The summed E-state index contributed by atoms with van der Waals surface area (Å²) in [4.78, 5) is 25.8. The number of H-pyrrole nitrogens is 1. The molecule has 1 amide bonds. The molecule has 0 bridgehead atoms. The molecule has 9 heteroatoms. The van der Waals surface area contributed by atoms with Crippen LogP contribution < -0.4 is 20.1 Å². The van der Waals surface area contributed by atoms with Gasteiger partial charge >= 0.3 is 0 Å². The van der Waals surface area contributed by atoms with Crippen molar-refractivity contribution < 1.29 is 14.3 Å². The van der Waals surface area contributed by atoms with Gasteiger partial charge in [0.05, 0.1) is 40.3 Å². The van der Waals surface area contributed by atoms with Gasteiger partial charge in [0.15, 0.2) is 5.75 Å². The predicted octanol–water partition coefficient (Wildman–Crippen LogP) is 5.25. The van der Waals surface area contributed by atoms with Gasteiger partial charge in [-0.3, -0.25) is 9.78 Å². The number of pyridine rings is 2. The fourth-order valence-electron chi connectivity index (χ4n) is 4.59. The second-order valence-electron chi connectivity index (χ2n) is 8.73. The Bertz CT molecular complexity index is 1450. The van der Waals surface area contributed by atoms with Crippen LogP contribution in [0, 0.1) is 0 Å². The van der Waals surface area contributed by atoms with E-state index < -0.39 is 0 Å². The summed E-state index contributed by atoms with van der Waals surface area (Å²) in [5.41, 5.74) is 5.73. The lowest BCUT2D eigenvalue weighted by Crippen LogP contribution is -2.31. The number of methoxy groups -OCH3 is 1. The van der Waals surface area contributed by atoms with Crippen molar-refractivity contribution in [2.24, 2.45) is 0 Å². The first-order valence-corrected chi connectivity index (χ1v) is 12.1. The third kappa shape index (κ3) is 3.83. The van der Waals surface area contributed by atoms with E-state index in [0.29, 0.717) is 52.1 Å². The van der Waals surface area contributed by atoms with E-state index in [-0.39, 0.29) is 12.0 Å². The molecule has 3 N–H and O–H groups in total. The number of amides is 1. The van der Waals surface area contributed by atoms with E-state index in [1.165, 1.54) is 6.42 Å². The number of halogens is 1. The minimum absolute atomic E-state index is 0.141. The van der Waals surface area contributed by atoms with Crippen LogP contribution in [0.5, 0.6) is 11.6 Å². The van der Waals surface area contributed by atoms with Crippen molar-refractivity contribution in [2.45, 2.75) is 31.8 Å². The van der Waals surface area contributed by atoms with Gasteiger partial charge in [0.2, 0.25) is 5.88 Å². The maximum atomic E-state index is 13.0. The summed E-state index contributed by atoms with van der Waals surface area (Å²) in [5, 5.41) is 6.84. The van der Waals surface area contributed by atoms with E-state index in [2.05, 4.69) is 20.6 Å². The van der Waals surface area contributed by atoms with E-state index in [1.54, 1.807) is 19.4 Å². The molecule has 0 atom stereocenters. The van der Waals surface area contributed by atoms with Gasteiger partial charge in [0.1, 0.15) is 11.6 Å². The lowest BCUT2D eigenvalue weighted by molar-refractivity contribution is 0.0946. The number of anilines is 2. The smallest absolute Gasteiger partial charge is 0.255 e. The number of hydrogen-bond donors (Lipinski definition) is 3. The molecule has 178 valence electrons. The Morgan fingerprint density at radius 3 is 2.86 bits per heavy atom.